The van der Waals surface area contributed by atoms with Crippen LogP contribution in [0.5, 0.6) is 5.75 Å². The molecule has 3 nitrogen and oxygen atoms in total. The zero-order valence-corrected chi connectivity index (χ0v) is 8.83. The van der Waals surface area contributed by atoms with Crippen LogP contribution >= 0.6 is 11.6 Å². The second-order valence-corrected chi connectivity index (χ2v) is 4.33. The van der Waals surface area contributed by atoms with Gasteiger partial charge in [0.15, 0.2) is 5.75 Å². The lowest BCUT2D eigenvalue weighted by Crippen LogP contribution is -2.18. The van der Waals surface area contributed by atoms with Crippen molar-refractivity contribution in [3.63, 3.8) is 0 Å². The topological polar surface area (TPSA) is 43.4 Å². The standard InChI is InChI=1S/C7H3ClF4O3S/c8-4-1-2-5(15-7(9,10)11)6(3-4)16(12,13)14/h1-3H. The molecule has 0 aliphatic carbocycles. The predicted octanol–water partition coefficient (Wildman–Crippen LogP) is 2.90. The van der Waals surface area contributed by atoms with Gasteiger partial charge in [-0.25, -0.2) is 0 Å². The second kappa shape index (κ2) is 4.10. The van der Waals surface area contributed by atoms with E-state index in [1.54, 1.807) is 0 Å². The molecule has 0 saturated heterocycles. The lowest BCUT2D eigenvalue weighted by Gasteiger charge is -2.11. The van der Waals surface area contributed by atoms with Gasteiger partial charge in [-0.3, -0.25) is 0 Å². The van der Waals surface area contributed by atoms with Crippen LogP contribution in [0, 0.1) is 0 Å². The van der Waals surface area contributed by atoms with E-state index in [1.165, 1.54) is 0 Å². The van der Waals surface area contributed by atoms with Crippen molar-refractivity contribution in [1.29, 1.82) is 0 Å². The number of benzene rings is 1. The molecule has 0 fully saturated rings. The third-order valence-corrected chi connectivity index (χ3v) is 2.47. The smallest absolute Gasteiger partial charge is 0.404 e. The normalized spacial score (nSPS) is 12.6. The van der Waals surface area contributed by atoms with E-state index in [0.29, 0.717) is 12.1 Å². The Morgan fingerprint density at radius 3 is 2.25 bits per heavy atom. The van der Waals surface area contributed by atoms with Gasteiger partial charge in [-0.15, -0.1) is 17.1 Å². The summed E-state index contributed by atoms with van der Waals surface area (Å²) in [5, 5.41) is -0.231. The maximum Gasteiger partial charge on any atom is 0.573 e. The van der Waals surface area contributed by atoms with Gasteiger partial charge >= 0.3 is 16.6 Å². The largest absolute Gasteiger partial charge is 0.573 e. The molecular weight excluding hydrogens is 276 g/mol. The zero-order chi connectivity index (χ0) is 12.6. The summed E-state index contributed by atoms with van der Waals surface area (Å²) < 4.78 is 72.5. The van der Waals surface area contributed by atoms with Gasteiger partial charge < -0.3 is 4.74 Å². The molecule has 0 radical (unpaired) electrons. The Hall–Kier alpha value is -1.02. The van der Waals surface area contributed by atoms with Gasteiger partial charge in [-0.2, -0.15) is 8.42 Å². The van der Waals surface area contributed by atoms with Crippen LogP contribution in [0.15, 0.2) is 23.1 Å². The number of halogens is 5. The fraction of sp³-hybridized carbons (Fsp3) is 0.143. The Bertz CT molecular complexity index is 497. The molecule has 0 heterocycles. The number of hydrogen-bond acceptors (Lipinski definition) is 3. The van der Waals surface area contributed by atoms with Crippen molar-refractivity contribution >= 4 is 21.8 Å². The van der Waals surface area contributed by atoms with Crippen LogP contribution in [0.4, 0.5) is 17.1 Å². The molecule has 0 spiro atoms. The van der Waals surface area contributed by atoms with Gasteiger partial charge in [-0.1, -0.05) is 11.6 Å². The molecule has 0 aliphatic rings. The lowest BCUT2D eigenvalue weighted by molar-refractivity contribution is -0.275. The van der Waals surface area contributed by atoms with E-state index in [0.717, 1.165) is 6.07 Å². The van der Waals surface area contributed by atoms with Crippen LogP contribution < -0.4 is 4.74 Å². The average molecular weight is 279 g/mol. The van der Waals surface area contributed by atoms with Crippen LogP contribution in [-0.2, 0) is 10.2 Å². The van der Waals surface area contributed by atoms with Gasteiger partial charge in [0.2, 0.25) is 0 Å². The average Bonchev–Trinajstić information content (AvgIpc) is 2.04. The molecule has 0 aromatic heterocycles. The van der Waals surface area contributed by atoms with Gasteiger partial charge in [0.25, 0.3) is 0 Å². The number of alkyl halides is 3. The van der Waals surface area contributed by atoms with Crippen molar-refractivity contribution in [3.05, 3.63) is 23.2 Å². The molecule has 0 unspecified atom stereocenters. The summed E-state index contributed by atoms with van der Waals surface area (Å²) in [5.74, 6) is -1.17. The van der Waals surface area contributed by atoms with E-state index in [2.05, 4.69) is 4.74 Å². The molecule has 0 aliphatic heterocycles. The van der Waals surface area contributed by atoms with Crippen molar-refractivity contribution in [2.24, 2.45) is 0 Å². The third-order valence-electron chi connectivity index (χ3n) is 1.39. The summed E-state index contributed by atoms with van der Waals surface area (Å²) in [6, 6.07) is 2.08. The van der Waals surface area contributed by atoms with Crippen LogP contribution in [0.1, 0.15) is 0 Å². The molecule has 0 bridgehead atoms. The van der Waals surface area contributed by atoms with Gasteiger partial charge in [0.1, 0.15) is 4.90 Å². The summed E-state index contributed by atoms with van der Waals surface area (Å²) in [7, 11) is -5.34. The van der Waals surface area contributed by atoms with E-state index in [-0.39, 0.29) is 5.02 Å². The maximum absolute atomic E-state index is 12.6. The Balaban J connectivity index is 3.30. The van der Waals surface area contributed by atoms with Crippen molar-refractivity contribution < 1.29 is 30.2 Å². The number of rotatable bonds is 2. The fourth-order valence-electron chi connectivity index (χ4n) is 0.881. The number of hydrogen-bond donors (Lipinski definition) is 0. The predicted molar refractivity (Wildman–Crippen MR) is 46.4 cm³/mol. The van der Waals surface area contributed by atoms with Gasteiger partial charge in [0, 0.05) is 5.02 Å². The molecule has 90 valence electrons. The molecule has 0 N–H and O–H groups in total. The lowest BCUT2D eigenvalue weighted by atomic mass is 10.3. The van der Waals surface area contributed by atoms with E-state index < -0.39 is 27.2 Å². The van der Waals surface area contributed by atoms with Crippen LogP contribution in [0.3, 0.4) is 0 Å². The van der Waals surface area contributed by atoms with E-state index in [9.17, 15) is 25.5 Å². The summed E-state index contributed by atoms with van der Waals surface area (Å²) in [4.78, 5) is -1.27. The first-order valence-electron chi connectivity index (χ1n) is 3.59. The molecule has 0 amide bonds. The molecule has 16 heavy (non-hydrogen) atoms. The highest BCUT2D eigenvalue weighted by atomic mass is 35.5. The van der Waals surface area contributed by atoms with Crippen molar-refractivity contribution in [2.75, 3.05) is 0 Å². The monoisotopic (exact) mass is 278 g/mol. The highest BCUT2D eigenvalue weighted by Gasteiger charge is 2.34. The van der Waals surface area contributed by atoms with Crippen molar-refractivity contribution in [2.45, 2.75) is 11.3 Å². The molecule has 0 saturated carbocycles. The minimum Gasteiger partial charge on any atom is -0.404 e. The quantitative estimate of drug-likeness (QED) is 0.617. The van der Waals surface area contributed by atoms with Crippen molar-refractivity contribution in [3.8, 4) is 5.75 Å². The first-order valence-corrected chi connectivity index (χ1v) is 5.36. The van der Waals surface area contributed by atoms with E-state index >= 15 is 0 Å². The first-order chi connectivity index (χ1) is 7.09. The fourth-order valence-corrected chi connectivity index (χ4v) is 1.74. The Morgan fingerprint density at radius 1 is 1.25 bits per heavy atom. The third kappa shape index (κ3) is 3.53. The summed E-state index contributed by atoms with van der Waals surface area (Å²) in [6.07, 6.45) is -5.12. The van der Waals surface area contributed by atoms with E-state index in [1.807, 2.05) is 0 Å². The molecule has 9 heteroatoms. The SMILES string of the molecule is O=S(=O)(F)c1cc(Cl)ccc1OC(F)(F)F. The van der Waals surface area contributed by atoms with Crippen LogP contribution in [-0.4, -0.2) is 14.8 Å². The first kappa shape index (κ1) is 13.0. The minimum atomic E-state index is -5.34. The Kier molecular flexibility index (Phi) is 3.34. The minimum absolute atomic E-state index is 0.231. The summed E-state index contributed by atoms with van der Waals surface area (Å²) in [5.41, 5.74) is 0. The van der Waals surface area contributed by atoms with Crippen molar-refractivity contribution in [1.82, 2.24) is 0 Å². The highest BCUT2D eigenvalue weighted by molar-refractivity contribution is 7.86. The number of ether oxygens (including phenoxy) is 1. The van der Waals surface area contributed by atoms with Crippen LogP contribution in [0.25, 0.3) is 0 Å². The molecule has 0 atom stereocenters. The Morgan fingerprint density at radius 2 is 1.81 bits per heavy atom. The molecule has 1 aromatic rings. The second-order valence-electron chi connectivity index (χ2n) is 2.58. The summed E-state index contributed by atoms with van der Waals surface area (Å²) in [6.45, 7) is 0. The zero-order valence-electron chi connectivity index (χ0n) is 7.25. The molecular formula is C7H3ClF4O3S. The van der Waals surface area contributed by atoms with Crippen LogP contribution in [0.2, 0.25) is 5.02 Å². The maximum atomic E-state index is 12.6. The Labute approximate surface area is 92.8 Å². The van der Waals surface area contributed by atoms with Gasteiger partial charge in [0.05, 0.1) is 0 Å². The summed E-state index contributed by atoms with van der Waals surface area (Å²) >= 11 is 5.33. The van der Waals surface area contributed by atoms with Gasteiger partial charge in [-0.05, 0) is 18.2 Å². The molecule has 1 rings (SSSR count). The molecule has 1 aromatic carbocycles. The van der Waals surface area contributed by atoms with E-state index in [4.69, 9.17) is 11.6 Å². The highest BCUT2D eigenvalue weighted by Crippen LogP contribution is 2.32.